The number of rotatable bonds is 9. The zero-order valence-electron chi connectivity index (χ0n) is 9.85. The number of carbonyl (C=O) groups is 1. The highest BCUT2D eigenvalue weighted by molar-refractivity contribution is 5.78. The first-order valence-corrected chi connectivity index (χ1v) is 5.91. The van der Waals surface area contributed by atoms with Gasteiger partial charge in [0, 0.05) is 19.3 Å². The molecule has 0 spiro atoms. The van der Waals surface area contributed by atoms with E-state index in [0.29, 0.717) is 12.8 Å². The summed E-state index contributed by atoms with van der Waals surface area (Å²) in [6.45, 7) is 0. The number of carbonyl (C=O) groups excluding carboxylic acids is 1. The van der Waals surface area contributed by atoms with Crippen LogP contribution in [-0.2, 0) is 4.79 Å². The molecule has 0 saturated carbocycles. The summed E-state index contributed by atoms with van der Waals surface area (Å²) in [5.41, 5.74) is 0. The third kappa shape index (κ3) is 12.9. The number of ketones is 1. The van der Waals surface area contributed by atoms with Gasteiger partial charge in [-0.15, -0.1) is 0 Å². The van der Waals surface area contributed by atoms with Gasteiger partial charge in [0.25, 0.3) is 0 Å². The van der Waals surface area contributed by atoms with Gasteiger partial charge >= 0.3 is 6.18 Å². The second-order valence-corrected chi connectivity index (χ2v) is 4.08. The van der Waals surface area contributed by atoms with Crippen LogP contribution in [0.1, 0.15) is 57.8 Å². The number of hydrogen-bond donors (Lipinski definition) is 0. The first-order valence-electron chi connectivity index (χ1n) is 5.91. The van der Waals surface area contributed by atoms with Crippen LogP contribution in [0.2, 0.25) is 0 Å². The molecule has 0 aromatic carbocycles. The molecule has 0 heterocycles. The molecular weight excluding hydrogens is 231 g/mol. The average Bonchev–Trinajstić information content (AvgIpc) is 2.24. The van der Waals surface area contributed by atoms with Crippen LogP contribution < -0.4 is 0 Å². The van der Waals surface area contributed by atoms with Crippen molar-refractivity contribution in [1.29, 1.82) is 5.26 Å². The number of Topliss-reactive ketones (excluding diaryl/α,β-unsaturated/α-hetero) is 1. The van der Waals surface area contributed by atoms with Gasteiger partial charge in [-0.3, -0.25) is 4.79 Å². The van der Waals surface area contributed by atoms with E-state index in [-0.39, 0.29) is 12.2 Å². The fourth-order valence-electron chi connectivity index (χ4n) is 1.46. The molecule has 0 aromatic rings. The van der Waals surface area contributed by atoms with Gasteiger partial charge in [0.2, 0.25) is 0 Å². The molecule has 0 aliphatic carbocycles. The van der Waals surface area contributed by atoms with Crippen LogP contribution in [0.5, 0.6) is 0 Å². The van der Waals surface area contributed by atoms with Crippen molar-refractivity contribution in [1.82, 2.24) is 0 Å². The van der Waals surface area contributed by atoms with E-state index in [1.165, 1.54) is 0 Å². The maximum absolute atomic E-state index is 11.8. The fraction of sp³-hybridized carbons (Fsp3) is 0.833. The first kappa shape index (κ1) is 16.0. The highest BCUT2D eigenvalue weighted by Crippen LogP contribution is 2.22. The molecular formula is C12H18F3NO. The van der Waals surface area contributed by atoms with E-state index in [4.69, 9.17) is 5.26 Å². The summed E-state index contributed by atoms with van der Waals surface area (Å²) in [6.07, 6.45) is -0.582. The van der Waals surface area contributed by atoms with Gasteiger partial charge in [0.1, 0.15) is 5.78 Å². The molecule has 2 nitrogen and oxygen atoms in total. The molecule has 0 bridgehead atoms. The van der Waals surface area contributed by atoms with Crippen molar-refractivity contribution in [2.75, 3.05) is 0 Å². The Kier molecular flexibility index (Phi) is 8.47. The zero-order chi connectivity index (χ0) is 13.1. The second-order valence-electron chi connectivity index (χ2n) is 4.08. The molecule has 0 aliphatic rings. The molecule has 0 saturated heterocycles. The highest BCUT2D eigenvalue weighted by Gasteiger charge is 2.27. The fourth-order valence-corrected chi connectivity index (χ4v) is 1.46. The topological polar surface area (TPSA) is 40.9 Å². The average molecular weight is 249 g/mol. The van der Waals surface area contributed by atoms with Crippen LogP contribution >= 0.6 is 0 Å². The van der Waals surface area contributed by atoms with Crippen LogP contribution in [0, 0.1) is 11.3 Å². The predicted octanol–water partition coefficient (Wildman–Crippen LogP) is 4.15. The summed E-state index contributed by atoms with van der Waals surface area (Å²) in [7, 11) is 0. The summed E-state index contributed by atoms with van der Waals surface area (Å²) in [5, 5.41) is 8.28. The maximum atomic E-state index is 11.8. The van der Waals surface area contributed by atoms with Crippen LogP contribution in [0.3, 0.4) is 0 Å². The molecule has 0 N–H and O–H groups in total. The van der Waals surface area contributed by atoms with Crippen molar-refractivity contribution >= 4 is 5.78 Å². The maximum Gasteiger partial charge on any atom is 0.389 e. The van der Waals surface area contributed by atoms with Crippen LogP contribution in [0.15, 0.2) is 0 Å². The standard InChI is InChI=1S/C12H18F3NO/c13-12(14,15)9-8-11(17)7-5-3-1-2-4-6-10-16/h1-9H2. The molecule has 0 radical (unpaired) electrons. The predicted molar refractivity (Wildman–Crippen MR) is 58.2 cm³/mol. The minimum absolute atomic E-state index is 0.244. The normalized spacial score (nSPS) is 11.2. The minimum atomic E-state index is -4.23. The van der Waals surface area contributed by atoms with Gasteiger partial charge in [0.15, 0.2) is 0 Å². The van der Waals surface area contributed by atoms with Gasteiger partial charge < -0.3 is 0 Å². The highest BCUT2D eigenvalue weighted by atomic mass is 19.4. The lowest BCUT2D eigenvalue weighted by Gasteiger charge is -2.05. The summed E-state index contributed by atoms with van der Waals surface area (Å²) in [5.74, 6) is -0.306. The molecule has 0 aliphatic heterocycles. The van der Waals surface area contributed by atoms with Crippen molar-refractivity contribution in [2.45, 2.75) is 64.0 Å². The lowest BCUT2D eigenvalue weighted by molar-refractivity contribution is -0.143. The SMILES string of the molecule is N#CCCCCCCCC(=O)CCC(F)(F)F. The quantitative estimate of drug-likeness (QED) is 0.576. The Morgan fingerprint density at radius 1 is 1.00 bits per heavy atom. The summed E-state index contributed by atoms with van der Waals surface area (Å²) in [4.78, 5) is 11.1. The lowest BCUT2D eigenvalue weighted by atomic mass is 10.1. The molecule has 0 unspecified atom stereocenters. The number of alkyl halides is 3. The third-order valence-electron chi connectivity index (χ3n) is 2.43. The molecule has 0 fully saturated rings. The van der Waals surface area contributed by atoms with Crippen molar-refractivity contribution in [3.63, 3.8) is 0 Å². The van der Waals surface area contributed by atoms with Crippen molar-refractivity contribution < 1.29 is 18.0 Å². The van der Waals surface area contributed by atoms with Crippen LogP contribution in [-0.4, -0.2) is 12.0 Å². The van der Waals surface area contributed by atoms with Crippen LogP contribution in [0.25, 0.3) is 0 Å². The van der Waals surface area contributed by atoms with E-state index >= 15 is 0 Å². The Bertz CT molecular complexity index is 255. The second kappa shape index (κ2) is 9.03. The molecule has 0 amide bonds. The number of unbranched alkanes of at least 4 members (excludes halogenated alkanes) is 5. The number of nitrogens with zero attached hydrogens (tertiary/aromatic N) is 1. The van der Waals surface area contributed by atoms with E-state index in [1.807, 2.05) is 6.07 Å². The Morgan fingerprint density at radius 2 is 1.59 bits per heavy atom. The molecule has 0 aromatic heterocycles. The summed E-state index contributed by atoms with van der Waals surface area (Å²) >= 11 is 0. The van der Waals surface area contributed by atoms with Gasteiger partial charge in [-0.1, -0.05) is 19.3 Å². The third-order valence-corrected chi connectivity index (χ3v) is 2.43. The van der Waals surface area contributed by atoms with Gasteiger partial charge in [-0.2, -0.15) is 18.4 Å². The Balaban J connectivity index is 3.31. The Morgan fingerprint density at radius 3 is 2.18 bits per heavy atom. The van der Waals surface area contributed by atoms with E-state index in [9.17, 15) is 18.0 Å². The van der Waals surface area contributed by atoms with Gasteiger partial charge in [-0.05, 0) is 12.8 Å². The molecule has 0 atom stereocenters. The largest absolute Gasteiger partial charge is 0.389 e. The number of halogens is 3. The minimum Gasteiger partial charge on any atom is -0.300 e. The van der Waals surface area contributed by atoms with Crippen molar-refractivity contribution in [3.05, 3.63) is 0 Å². The van der Waals surface area contributed by atoms with Crippen molar-refractivity contribution in [2.24, 2.45) is 0 Å². The summed E-state index contributed by atoms with van der Waals surface area (Å²) < 4.78 is 35.4. The molecule has 0 rings (SSSR count). The van der Waals surface area contributed by atoms with E-state index in [2.05, 4.69) is 0 Å². The van der Waals surface area contributed by atoms with Gasteiger partial charge in [0.05, 0.1) is 12.5 Å². The molecule has 98 valence electrons. The van der Waals surface area contributed by atoms with Crippen molar-refractivity contribution in [3.8, 4) is 6.07 Å². The zero-order valence-corrected chi connectivity index (χ0v) is 9.85. The smallest absolute Gasteiger partial charge is 0.300 e. The molecule has 17 heavy (non-hydrogen) atoms. The number of hydrogen-bond acceptors (Lipinski definition) is 2. The monoisotopic (exact) mass is 249 g/mol. The van der Waals surface area contributed by atoms with Crippen LogP contribution in [0.4, 0.5) is 13.2 Å². The van der Waals surface area contributed by atoms with E-state index in [1.54, 1.807) is 0 Å². The first-order chi connectivity index (χ1) is 7.95. The lowest BCUT2D eigenvalue weighted by Crippen LogP contribution is -2.10. The van der Waals surface area contributed by atoms with Gasteiger partial charge in [-0.25, -0.2) is 0 Å². The number of nitriles is 1. The van der Waals surface area contributed by atoms with E-state index < -0.39 is 19.0 Å². The molecule has 5 heteroatoms. The van der Waals surface area contributed by atoms with E-state index in [0.717, 1.165) is 25.7 Å². The summed E-state index contributed by atoms with van der Waals surface area (Å²) in [6, 6.07) is 2.05. The Labute approximate surface area is 99.8 Å². The Hall–Kier alpha value is -1.05.